The van der Waals surface area contributed by atoms with Crippen LogP contribution in [0.3, 0.4) is 0 Å². The molecule has 2 rings (SSSR count). The highest BCUT2D eigenvalue weighted by Crippen LogP contribution is 2.21. The van der Waals surface area contributed by atoms with Gasteiger partial charge in [-0.2, -0.15) is 0 Å². The first-order valence-corrected chi connectivity index (χ1v) is 7.08. The number of carbonyl (C=O) groups is 2. The monoisotopic (exact) mass is 324 g/mol. The molecule has 1 aromatic rings. The normalized spacial score (nSPS) is 19.4. The van der Waals surface area contributed by atoms with Crippen molar-refractivity contribution in [1.29, 1.82) is 0 Å². The summed E-state index contributed by atoms with van der Waals surface area (Å²) < 4.78 is 0.827. The van der Waals surface area contributed by atoms with E-state index in [0.717, 1.165) is 10.0 Å². The zero-order valence-corrected chi connectivity index (χ0v) is 12.7. The molecule has 102 valence electrons. The van der Waals surface area contributed by atoms with Crippen LogP contribution in [-0.2, 0) is 4.79 Å². The molecule has 0 saturated carbocycles. The third kappa shape index (κ3) is 3.15. The minimum atomic E-state index is -0.0941. The Morgan fingerprint density at radius 2 is 2.21 bits per heavy atom. The van der Waals surface area contributed by atoms with Crippen LogP contribution in [0.2, 0.25) is 0 Å². The molecule has 1 atom stereocenters. The van der Waals surface area contributed by atoms with Crippen molar-refractivity contribution in [2.24, 2.45) is 0 Å². The highest BCUT2D eigenvalue weighted by molar-refractivity contribution is 9.10. The molecule has 0 aromatic heterocycles. The fourth-order valence-electron chi connectivity index (χ4n) is 2.22. The molecule has 0 aliphatic carbocycles. The van der Waals surface area contributed by atoms with Crippen LogP contribution in [0.15, 0.2) is 22.7 Å². The first-order chi connectivity index (χ1) is 8.99. The largest absolute Gasteiger partial charge is 0.347 e. The smallest absolute Gasteiger partial charge is 0.252 e. The minimum absolute atomic E-state index is 0.0302. The summed E-state index contributed by atoms with van der Waals surface area (Å²) in [7, 11) is 1.77. The predicted molar refractivity (Wildman–Crippen MR) is 77.0 cm³/mol. The Kier molecular flexibility index (Phi) is 4.24. The summed E-state index contributed by atoms with van der Waals surface area (Å²) in [4.78, 5) is 25.3. The molecular weight excluding hydrogens is 308 g/mol. The summed E-state index contributed by atoms with van der Waals surface area (Å²) in [5.41, 5.74) is 1.67. The van der Waals surface area contributed by atoms with Crippen molar-refractivity contribution >= 4 is 27.7 Å². The number of nitrogens with one attached hydrogen (secondary N) is 1. The number of benzene rings is 1. The number of likely N-dealkylation sites (N-methyl/N-ethyl adjacent to an activating group) is 1. The number of piperidine rings is 1. The van der Waals surface area contributed by atoms with Gasteiger partial charge in [-0.15, -0.1) is 0 Å². The molecule has 1 aliphatic rings. The average molecular weight is 325 g/mol. The van der Waals surface area contributed by atoms with Crippen molar-refractivity contribution in [1.82, 2.24) is 10.2 Å². The maximum absolute atomic E-state index is 12.2. The molecule has 1 saturated heterocycles. The van der Waals surface area contributed by atoms with Crippen LogP contribution in [0.4, 0.5) is 0 Å². The highest BCUT2D eigenvalue weighted by Gasteiger charge is 2.24. The molecule has 1 heterocycles. The predicted octanol–water partition coefficient (Wildman–Crippen LogP) is 2.11. The Labute approximate surface area is 121 Å². The van der Waals surface area contributed by atoms with Crippen molar-refractivity contribution in [3.63, 3.8) is 0 Å². The van der Waals surface area contributed by atoms with Crippen molar-refractivity contribution in [2.45, 2.75) is 25.8 Å². The Morgan fingerprint density at radius 1 is 1.47 bits per heavy atom. The van der Waals surface area contributed by atoms with E-state index in [1.165, 1.54) is 0 Å². The van der Waals surface area contributed by atoms with Crippen molar-refractivity contribution in [2.75, 3.05) is 13.6 Å². The lowest BCUT2D eigenvalue weighted by atomic mass is 10.0. The van der Waals surface area contributed by atoms with E-state index in [2.05, 4.69) is 21.2 Å². The second kappa shape index (κ2) is 5.74. The summed E-state index contributed by atoms with van der Waals surface area (Å²) in [5, 5.41) is 2.99. The molecule has 4 nitrogen and oxygen atoms in total. The first-order valence-electron chi connectivity index (χ1n) is 6.29. The molecule has 1 aliphatic heterocycles. The molecule has 19 heavy (non-hydrogen) atoms. The van der Waals surface area contributed by atoms with Gasteiger partial charge in [0.05, 0.1) is 5.56 Å². The van der Waals surface area contributed by atoms with Gasteiger partial charge < -0.3 is 10.2 Å². The number of hydrogen-bond donors (Lipinski definition) is 1. The maximum atomic E-state index is 12.2. The Balaban J connectivity index is 2.05. The minimum Gasteiger partial charge on any atom is -0.347 e. The Hall–Kier alpha value is -1.36. The molecule has 5 heteroatoms. The number of likely N-dealkylation sites (tertiary alicyclic amines) is 1. The Morgan fingerprint density at radius 3 is 2.89 bits per heavy atom. The van der Waals surface area contributed by atoms with Crippen molar-refractivity contribution in [3.05, 3.63) is 33.8 Å². The second-order valence-electron chi connectivity index (χ2n) is 4.92. The summed E-state index contributed by atoms with van der Waals surface area (Å²) in [6.07, 6.45) is 1.20. The molecule has 0 radical (unpaired) electrons. The number of nitrogens with zero attached hydrogens (tertiary/aromatic N) is 1. The van der Waals surface area contributed by atoms with Gasteiger partial charge in [0.15, 0.2) is 0 Å². The van der Waals surface area contributed by atoms with Gasteiger partial charge in [0.1, 0.15) is 0 Å². The molecule has 1 unspecified atom stereocenters. The lowest BCUT2D eigenvalue weighted by Crippen LogP contribution is -2.48. The zero-order chi connectivity index (χ0) is 14.0. The van der Waals surface area contributed by atoms with Gasteiger partial charge in [0.25, 0.3) is 5.91 Å². The van der Waals surface area contributed by atoms with Crippen molar-refractivity contribution in [3.8, 4) is 0 Å². The molecular formula is C14H17BrN2O2. The molecule has 1 N–H and O–H groups in total. The van der Waals surface area contributed by atoms with Gasteiger partial charge in [-0.1, -0.05) is 12.1 Å². The summed E-state index contributed by atoms with van der Waals surface area (Å²) in [5.74, 6) is 0.0468. The third-order valence-corrected chi connectivity index (χ3v) is 4.45. The van der Waals surface area contributed by atoms with Crippen LogP contribution >= 0.6 is 15.9 Å². The van der Waals surface area contributed by atoms with Crippen molar-refractivity contribution < 1.29 is 9.59 Å². The van der Waals surface area contributed by atoms with E-state index in [0.29, 0.717) is 24.9 Å². The van der Waals surface area contributed by atoms with E-state index in [-0.39, 0.29) is 17.9 Å². The number of aryl methyl sites for hydroxylation is 1. The first kappa shape index (κ1) is 14.1. The quantitative estimate of drug-likeness (QED) is 0.905. The fourth-order valence-corrected chi connectivity index (χ4v) is 2.66. The lowest BCUT2D eigenvalue weighted by Gasteiger charge is -2.30. The van der Waals surface area contributed by atoms with Gasteiger partial charge in [-0.3, -0.25) is 9.59 Å². The highest BCUT2D eigenvalue weighted by atomic mass is 79.9. The van der Waals surface area contributed by atoms with Gasteiger partial charge >= 0.3 is 0 Å². The topological polar surface area (TPSA) is 49.4 Å². The summed E-state index contributed by atoms with van der Waals surface area (Å²) in [6.45, 7) is 2.53. The standard InChI is InChI=1S/C14H17BrN2O2/c1-9-4-3-5-11(13(9)15)14(19)16-10-6-7-12(18)17(2)8-10/h3-5,10H,6-8H2,1-2H3,(H,16,19). The number of hydrogen-bond acceptors (Lipinski definition) is 2. The number of amides is 2. The number of rotatable bonds is 2. The maximum Gasteiger partial charge on any atom is 0.252 e. The van der Waals surface area contributed by atoms with E-state index >= 15 is 0 Å². The van der Waals surface area contributed by atoms with E-state index < -0.39 is 0 Å². The van der Waals surface area contributed by atoms with E-state index in [4.69, 9.17) is 0 Å². The lowest BCUT2D eigenvalue weighted by molar-refractivity contribution is -0.132. The summed E-state index contributed by atoms with van der Waals surface area (Å²) >= 11 is 3.44. The van der Waals surface area contributed by atoms with Crippen LogP contribution in [0.25, 0.3) is 0 Å². The van der Waals surface area contributed by atoms with Gasteiger partial charge in [0, 0.05) is 30.5 Å². The van der Waals surface area contributed by atoms with Crippen LogP contribution in [0, 0.1) is 6.92 Å². The van der Waals surface area contributed by atoms with Gasteiger partial charge in [-0.25, -0.2) is 0 Å². The third-order valence-electron chi connectivity index (χ3n) is 3.40. The van der Waals surface area contributed by atoms with E-state index in [1.54, 1.807) is 18.0 Å². The van der Waals surface area contributed by atoms with E-state index in [1.807, 2.05) is 19.1 Å². The molecule has 1 aromatic carbocycles. The number of carbonyl (C=O) groups excluding carboxylic acids is 2. The molecule has 1 fully saturated rings. The second-order valence-corrected chi connectivity index (χ2v) is 5.71. The van der Waals surface area contributed by atoms with Gasteiger partial charge in [0.2, 0.25) is 5.91 Å². The summed E-state index contributed by atoms with van der Waals surface area (Å²) in [6, 6.07) is 5.64. The van der Waals surface area contributed by atoms with Crippen LogP contribution in [0.1, 0.15) is 28.8 Å². The van der Waals surface area contributed by atoms with Crippen LogP contribution < -0.4 is 5.32 Å². The Bertz CT molecular complexity index is 516. The fraction of sp³-hybridized carbons (Fsp3) is 0.429. The molecule has 0 bridgehead atoms. The number of halogens is 1. The molecule has 2 amide bonds. The van der Waals surface area contributed by atoms with Crippen LogP contribution in [-0.4, -0.2) is 36.3 Å². The molecule has 0 spiro atoms. The van der Waals surface area contributed by atoms with E-state index in [9.17, 15) is 9.59 Å². The SMILES string of the molecule is Cc1cccc(C(=O)NC2CCC(=O)N(C)C2)c1Br. The van der Waals surface area contributed by atoms with Crippen LogP contribution in [0.5, 0.6) is 0 Å². The zero-order valence-electron chi connectivity index (χ0n) is 11.1. The van der Waals surface area contributed by atoms with Gasteiger partial charge in [-0.05, 0) is 40.9 Å². The average Bonchev–Trinajstić information content (AvgIpc) is 2.37.